The highest BCUT2D eigenvalue weighted by atomic mass is 16.2. The SMILES string of the molecule is O=CC(NC(=O)Cc1ccccc1)c1ccccc1. The van der Waals surface area contributed by atoms with Crippen LogP contribution in [0.15, 0.2) is 60.7 Å². The Kier molecular flexibility index (Phi) is 4.45. The smallest absolute Gasteiger partial charge is 0.225 e. The average molecular weight is 253 g/mol. The normalized spacial score (nSPS) is 11.6. The van der Waals surface area contributed by atoms with Crippen LogP contribution in [0.5, 0.6) is 0 Å². The molecule has 0 spiro atoms. The first kappa shape index (κ1) is 13.0. The van der Waals surface area contributed by atoms with Crippen molar-refractivity contribution in [1.82, 2.24) is 5.32 Å². The summed E-state index contributed by atoms with van der Waals surface area (Å²) in [4.78, 5) is 23.0. The molecule has 0 fully saturated rings. The summed E-state index contributed by atoms with van der Waals surface area (Å²) in [7, 11) is 0. The minimum Gasteiger partial charge on any atom is -0.342 e. The van der Waals surface area contributed by atoms with Crippen molar-refractivity contribution in [3.63, 3.8) is 0 Å². The molecule has 96 valence electrons. The van der Waals surface area contributed by atoms with Crippen molar-refractivity contribution in [2.45, 2.75) is 12.5 Å². The highest BCUT2D eigenvalue weighted by molar-refractivity contribution is 5.82. The van der Waals surface area contributed by atoms with E-state index in [0.717, 1.165) is 17.4 Å². The van der Waals surface area contributed by atoms with Crippen LogP contribution in [0.4, 0.5) is 0 Å². The third kappa shape index (κ3) is 3.78. The van der Waals surface area contributed by atoms with Crippen LogP contribution in [0, 0.1) is 0 Å². The van der Waals surface area contributed by atoms with Crippen LogP contribution in [0.25, 0.3) is 0 Å². The molecule has 1 atom stereocenters. The fourth-order valence-electron chi connectivity index (χ4n) is 1.86. The van der Waals surface area contributed by atoms with Crippen LogP contribution in [0.3, 0.4) is 0 Å². The van der Waals surface area contributed by atoms with E-state index in [9.17, 15) is 9.59 Å². The fourth-order valence-corrected chi connectivity index (χ4v) is 1.86. The van der Waals surface area contributed by atoms with Crippen molar-refractivity contribution in [3.05, 3.63) is 71.8 Å². The first-order valence-corrected chi connectivity index (χ1v) is 6.13. The van der Waals surface area contributed by atoms with Crippen molar-refractivity contribution in [3.8, 4) is 0 Å². The molecular formula is C16H15NO2. The quantitative estimate of drug-likeness (QED) is 0.831. The first-order valence-electron chi connectivity index (χ1n) is 6.13. The number of carbonyl (C=O) groups excluding carboxylic acids is 2. The van der Waals surface area contributed by atoms with E-state index in [0.29, 0.717) is 0 Å². The topological polar surface area (TPSA) is 46.2 Å². The largest absolute Gasteiger partial charge is 0.342 e. The zero-order chi connectivity index (χ0) is 13.5. The van der Waals surface area contributed by atoms with Crippen LogP contribution in [0.1, 0.15) is 17.2 Å². The van der Waals surface area contributed by atoms with Crippen LogP contribution >= 0.6 is 0 Å². The molecule has 0 aliphatic rings. The first-order chi connectivity index (χ1) is 9.29. The van der Waals surface area contributed by atoms with Crippen molar-refractivity contribution in [2.75, 3.05) is 0 Å². The van der Waals surface area contributed by atoms with E-state index in [-0.39, 0.29) is 12.3 Å². The molecule has 0 aliphatic heterocycles. The molecule has 0 saturated heterocycles. The van der Waals surface area contributed by atoms with E-state index < -0.39 is 6.04 Å². The Morgan fingerprint density at radius 2 is 1.58 bits per heavy atom. The average Bonchev–Trinajstić information content (AvgIpc) is 2.47. The third-order valence-electron chi connectivity index (χ3n) is 2.82. The van der Waals surface area contributed by atoms with E-state index in [2.05, 4.69) is 5.32 Å². The monoisotopic (exact) mass is 253 g/mol. The maximum atomic E-state index is 11.9. The zero-order valence-electron chi connectivity index (χ0n) is 10.5. The lowest BCUT2D eigenvalue weighted by Gasteiger charge is -2.13. The van der Waals surface area contributed by atoms with Gasteiger partial charge in [-0.1, -0.05) is 60.7 Å². The van der Waals surface area contributed by atoms with Gasteiger partial charge in [0.2, 0.25) is 5.91 Å². The van der Waals surface area contributed by atoms with E-state index in [1.54, 1.807) is 0 Å². The Balaban J connectivity index is 1.99. The lowest BCUT2D eigenvalue weighted by atomic mass is 10.1. The Morgan fingerprint density at radius 1 is 1.00 bits per heavy atom. The molecule has 2 aromatic carbocycles. The molecule has 2 rings (SSSR count). The van der Waals surface area contributed by atoms with Crippen molar-refractivity contribution >= 4 is 12.2 Å². The van der Waals surface area contributed by atoms with Gasteiger partial charge in [0.15, 0.2) is 0 Å². The van der Waals surface area contributed by atoms with Crippen LogP contribution in [0.2, 0.25) is 0 Å². The second kappa shape index (κ2) is 6.50. The van der Waals surface area contributed by atoms with Gasteiger partial charge in [-0.15, -0.1) is 0 Å². The van der Waals surface area contributed by atoms with Gasteiger partial charge >= 0.3 is 0 Å². The Bertz CT molecular complexity index is 537. The minimum atomic E-state index is -0.586. The number of aldehydes is 1. The molecule has 1 N–H and O–H groups in total. The number of hydrogen-bond donors (Lipinski definition) is 1. The molecule has 0 aromatic heterocycles. The van der Waals surface area contributed by atoms with E-state index in [4.69, 9.17) is 0 Å². The minimum absolute atomic E-state index is 0.160. The Labute approximate surface area is 112 Å². The molecule has 2 aromatic rings. The fraction of sp³-hybridized carbons (Fsp3) is 0.125. The zero-order valence-corrected chi connectivity index (χ0v) is 10.5. The summed E-state index contributed by atoms with van der Waals surface area (Å²) in [5.41, 5.74) is 1.72. The Hall–Kier alpha value is -2.42. The van der Waals surface area contributed by atoms with Gasteiger partial charge in [-0.3, -0.25) is 4.79 Å². The number of benzene rings is 2. The molecular weight excluding hydrogens is 238 g/mol. The molecule has 0 saturated carbocycles. The number of carbonyl (C=O) groups is 2. The van der Waals surface area contributed by atoms with Gasteiger partial charge in [0, 0.05) is 0 Å². The van der Waals surface area contributed by atoms with Gasteiger partial charge in [0.1, 0.15) is 12.3 Å². The third-order valence-corrected chi connectivity index (χ3v) is 2.82. The summed E-state index contributed by atoms with van der Waals surface area (Å²) in [5, 5.41) is 2.72. The van der Waals surface area contributed by atoms with Gasteiger partial charge in [0.05, 0.1) is 6.42 Å². The summed E-state index contributed by atoms with van der Waals surface area (Å²) >= 11 is 0. The van der Waals surface area contributed by atoms with Gasteiger partial charge in [-0.2, -0.15) is 0 Å². The molecule has 19 heavy (non-hydrogen) atoms. The predicted molar refractivity (Wildman–Crippen MR) is 73.5 cm³/mol. The molecule has 0 radical (unpaired) electrons. The summed E-state index contributed by atoms with van der Waals surface area (Å²) < 4.78 is 0. The highest BCUT2D eigenvalue weighted by Gasteiger charge is 2.13. The standard InChI is InChI=1S/C16H15NO2/c18-12-15(14-9-5-2-6-10-14)17-16(19)11-13-7-3-1-4-8-13/h1-10,12,15H,11H2,(H,17,19). The molecule has 3 nitrogen and oxygen atoms in total. The lowest BCUT2D eigenvalue weighted by molar-refractivity contribution is -0.123. The second-order valence-corrected chi connectivity index (χ2v) is 4.25. The molecule has 1 unspecified atom stereocenters. The second-order valence-electron chi connectivity index (χ2n) is 4.25. The summed E-state index contributed by atoms with van der Waals surface area (Å²) in [6, 6.07) is 18.1. The molecule has 1 amide bonds. The van der Waals surface area contributed by atoms with Crippen molar-refractivity contribution in [2.24, 2.45) is 0 Å². The molecule has 3 heteroatoms. The Morgan fingerprint density at radius 3 is 2.16 bits per heavy atom. The van der Waals surface area contributed by atoms with Gasteiger partial charge < -0.3 is 10.1 Å². The summed E-state index contributed by atoms with van der Waals surface area (Å²) in [6.45, 7) is 0. The van der Waals surface area contributed by atoms with E-state index in [1.165, 1.54) is 0 Å². The maximum Gasteiger partial charge on any atom is 0.225 e. The molecule has 0 aliphatic carbocycles. The summed E-state index contributed by atoms with van der Waals surface area (Å²) in [6.07, 6.45) is 1.02. The maximum absolute atomic E-state index is 11.9. The number of amides is 1. The van der Waals surface area contributed by atoms with E-state index >= 15 is 0 Å². The number of rotatable bonds is 5. The van der Waals surface area contributed by atoms with Crippen LogP contribution < -0.4 is 5.32 Å². The molecule has 0 bridgehead atoms. The predicted octanol–water partition coefficient (Wildman–Crippen LogP) is 2.29. The van der Waals surface area contributed by atoms with Gasteiger partial charge in [-0.05, 0) is 11.1 Å². The van der Waals surface area contributed by atoms with Gasteiger partial charge in [-0.25, -0.2) is 0 Å². The van der Waals surface area contributed by atoms with Crippen molar-refractivity contribution in [1.29, 1.82) is 0 Å². The highest BCUT2D eigenvalue weighted by Crippen LogP contribution is 2.10. The van der Waals surface area contributed by atoms with Crippen molar-refractivity contribution < 1.29 is 9.59 Å². The number of nitrogens with one attached hydrogen (secondary N) is 1. The van der Waals surface area contributed by atoms with Gasteiger partial charge in [0.25, 0.3) is 0 Å². The van der Waals surface area contributed by atoms with Crippen LogP contribution in [-0.4, -0.2) is 12.2 Å². The molecule has 0 heterocycles. The van der Waals surface area contributed by atoms with Crippen LogP contribution in [-0.2, 0) is 16.0 Å². The van der Waals surface area contributed by atoms with E-state index in [1.807, 2.05) is 60.7 Å². The lowest BCUT2D eigenvalue weighted by Crippen LogP contribution is -2.30. The summed E-state index contributed by atoms with van der Waals surface area (Å²) in [5.74, 6) is -0.160. The number of hydrogen-bond acceptors (Lipinski definition) is 2.